The normalized spacial score (nSPS) is 29.4. The highest BCUT2D eigenvalue weighted by Crippen LogP contribution is 2.30. The lowest BCUT2D eigenvalue weighted by atomic mass is 9.81. The van der Waals surface area contributed by atoms with E-state index in [4.69, 9.17) is 0 Å². The van der Waals surface area contributed by atoms with Gasteiger partial charge in [-0.1, -0.05) is 39.5 Å². The van der Waals surface area contributed by atoms with Gasteiger partial charge in [0.05, 0.1) is 0 Å². The molecule has 4 nitrogen and oxygen atoms in total. The summed E-state index contributed by atoms with van der Waals surface area (Å²) < 4.78 is 0. The number of carbonyl (C=O) groups excluding carboxylic acids is 2. The van der Waals surface area contributed by atoms with Crippen molar-refractivity contribution in [2.45, 2.75) is 90.3 Å². The number of piperazine rings is 1. The molecule has 1 aliphatic carbocycles. The van der Waals surface area contributed by atoms with Crippen molar-refractivity contribution in [2.24, 2.45) is 5.92 Å². The topological polar surface area (TPSA) is 49.4 Å². The quantitative estimate of drug-likeness (QED) is 0.847. The Morgan fingerprint density at radius 3 is 2.43 bits per heavy atom. The monoisotopic (exact) mass is 294 g/mol. The number of nitrogens with one attached hydrogen (secondary N) is 1. The van der Waals surface area contributed by atoms with Gasteiger partial charge in [0, 0.05) is 6.04 Å². The maximum absolute atomic E-state index is 13.0. The molecule has 1 saturated carbocycles. The molecule has 1 saturated heterocycles. The Morgan fingerprint density at radius 1 is 1.19 bits per heavy atom. The number of amides is 2. The van der Waals surface area contributed by atoms with Crippen molar-refractivity contribution in [1.29, 1.82) is 0 Å². The molecule has 1 aliphatic heterocycles. The molecule has 1 heterocycles. The third-order valence-electron chi connectivity index (χ3n) is 5.15. The molecular weight excluding hydrogens is 264 g/mol. The Hall–Kier alpha value is -1.06. The minimum absolute atomic E-state index is 0.0515. The van der Waals surface area contributed by atoms with Crippen LogP contribution in [-0.2, 0) is 9.59 Å². The first-order valence-electron chi connectivity index (χ1n) is 8.72. The van der Waals surface area contributed by atoms with E-state index < -0.39 is 0 Å². The molecule has 3 atom stereocenters. The number of carbonyl (C=O) groups is 2. The average Bonchev–Trinajstić information content (AvgIpc) is 2.49. The maximum Gasteiger partial charge on any atom is 0.246 e. The molecule has 0 bridgehead atoms. The second kappa shape index (κ2) is 7.28. The largest absolute Gasteiger partial charge is 0.342 e. The molecule has 21 heavy (non-hydrogen) atoms. The van der Waals surface area contributed by atoms with E-state index in [1.807, 2.05) is 11.8 Å². The van der Waals surface area contributed by atoms with Crippen LogP contribution in [0.5, 0.6) is 0 Å². The summed E-state index contributed by atoms with van der Waals surface area (Å²) in [5.74, 6) is 0.550. The van der Waals surface area contributed by atoms with Crippen molar-refractivity contribution in [3.05, 3.63) is 0 Å². The molecule has 0 radical (unpaired) electrons. The van der Waals surface area contributed by atoms with Crippen LogP contribution >= 0.6 is 0 Å². The van der Waals surface area contributed by atoms with Gasteiger partial charge in [0.2, 0.25) is 11.8 Å². The van der Waals surface area contributed by atoms with E-state index >= 15 is 0 Å². The fraction of sp³-hybridized carbons (Fsp3) is 0.882. The molecule has 3 unspecified atom stereocenters. The van der Waals surface area contributed by atoms with E-state index in [2.05, 4.69) is 19.2 Å². The van der Waals surface area contributed by atoms with Gasteiger partial charge in [0.15, 0.2) is 0 Å². The molecule has 0 aromatic heterocycles. The number of nitrogens with zero attached hydrogens (tertiary/aromatic N) is 1. The zero-order chi connectivity index (χ0) is 15.4. The zero-order valence-corrected chi connectivity index (χ0v) is 13.7. The Balaban J connectivity index is 2.18. The molecule has 120 valence electrons. The Morgan fingerprint density at radius 2 is 1.86 bits per heavy atom. The van der Waals surface area contributed by atoms with Crippen LogP contribution in [0, 0.1) is 5.92 Å². The number of rotatable bonds is 5. The Bertz CT molecular complexity index is 377. The second-order valence-electron chi connectivity index (χ2n) is 6.69. The summed E-state index contributed by atoms with van der Waals surface area (Å²) in [6, 6.07) is -0.400. The van der Waals surface area contributed by atoms with Crippen LogP contribution in [0.25, 0.3) is 0 Å². The van der Waals surface area contributed by atoms with E-state index in [0.29, 0.717) is 12.3 Å². The third-order valence-corrected chi connectivity index (χ3v) is 5.15. The van der Waals surface area contributed by atoms with Crippen molar-refractivity contribution in [3.8, 4) is 0 Å². The van der Waals surface area contributed by atoms with Crippen molar-refractivity contribution in [3.63, 3.8) is 0 Å². The Kier molecular flexibility index (Phi) is 5.65. The number of hydrogen-bond donors (Lipinski definition) is 1. The first-order valence-corrected chi connectivity index (χ1v) is 8.72. The first-order chi connectivity index (χ1) is 10.1. The zero-order valence-electron chi connectivity index (χ0n) is 13.7. The van der Waals surface area contributed by atoms with Gasteiger partial charge in [-0.25, -0.2) is 0 Å². The summed E-state index contributed by atoms with van der Waals surface area (Å²) in [6.45, 7) is 6.20. The maximum atomic E-state index is 13.0. The second-order valence-corrected chi connectivity index (χ2v) is 6.69. The van der Waals surface area contributed by atoms with E-state index in [1.165, 1.54) is 19.3 Å². The predicted octanol–water partition coefficient (Wildman–Crippen LogP) is 2.86. The van der Waals surface area contributed by atoms with E-state index in [1.54, 1.807) is 0 Å². The van der Waals surface area contributed by atoms with E-state index in [0.717, 1.165) is 25.7 Å². The van der Waals surface area contributed by atoms with Crippen LogP contribution in [0.1, 0.15) is 72.1 Å². The van der Waals surface area contributed by atoms with E-state index in [9.17, 15) is 9.59 Å². The van der Waals surface area contributed by atoms with Crippen molar-refractivity contribution < 1.29 is 9.59 Å². The highest BCUT2D eigenvalue weighted by atomic mass is 16.2. The van der Waals surface area contributed by atoms with Crippen LogP contribution in [-0.4, -0.2) is 34.8 Å². The molecule has 0 spiro atoms. The molecular formula is C17H30N2O2. The third kappa shape index (κ3) is 3.41. The molecule has 2 amide bonds. The molecule has 2 fully saturated rings. The minimum Gasteiger partial charge on any atom is -0.342 e. The van der Waals surface area contributed by atoms with Crippen LogP contribution in [0.4, 0.5) is 0 Å². The lowest BCUT2D eigenvalue weighted by Gasteiger charge is -2.44. The van der Waals surface area contributed by atoms with Crippen LogP contribution in [0.15, 0.2) is 0 Å². The van der Waals surface area contributed by atoms with Gasteiger partial charge in [-0.2, -0.15) is 0 Å². The fourth-order valence-electron chi connectivity index (χ4n) is 4.00. The minimum atomic E-state index is -0.279. The van der Waals surface area contributed by atoms with Crippen LogP contribution < -0.4 is 5.32 Å². The summed E-state index contributed by atoms with van der Waals surface area (Å²) in [5, 5.41) is 3.03. The average molecular weight is 294 g/mol. The van der Waals surface area contributed by atoms with Gasteiger partial charge in [0.1, 0.15) is 12.1 Å². The summed E-state index contributed by atoms with van der Waals surface area (Å²) >= 11 is 0. The van der Waals surface area contributed by atoms with Gasteiger partial charge in [-0.3, -0.25) is 9.59 Å². The lowest BCUT2D eigenvalue weighted by molar-refractivity contribution is -0.154. The lowest BCUT2D eigenvalue weighted by Crippen LogP contribution is -2.67. The smallest absolute Gasteiger partial charge is 0.246 e. The summed E-state index contributed by atoms with van der Waals surface area (Å²) in [5.41, 5.74) is 0. The fourth-order valence-corrected chi connectivity index (χ4v) is 4.00. The first kappa shape index (κ1) is 16.3. The van der Waals surface area contributed by atoms with E-state index in [-0.39, 0.29) is 29.9 Å². The predicted molar refractivity (Wildman–Crippen MR) is 83.8 cm³/mol. The van der Waals surface area contributed by atoms with Gasteiger partial charge >= 0.3 is 0 Å². The Labute approximate surface area is 128 Å². The van der Waals surface area contributed by atoms with Crippen molar-refractivity contribution in [1.82, 2.24) is 10.2 Å². The van der Waals surface area contributed by atoms with Gasteiger partial charge in [-0.15, -0.1) is 0 Å². The SMILES string of the molecule is CCCC(C)N1C(=O)C(C2CCCCC2)NC(=O)C1CC. The number of hydrogen-bond acceptors (Lipinski definition) is 2. The molecule has 2 aliphatic rings. The van der Waals surface area contributed by atoms with Gasteiger partial charge in [-0.05, 0) is 38.5 Å². The van der Waals surface area contributed by atoms with Crippen LogP contribution in [0.3, 0.4) is 0 Å². The van der Waals surface area contributed by atoms with Gasteiger partial charge in [0.25, 0.3) is 0 Å². The molecule has 0 aromatic carbocycles. The van der Waals surface area contributed by atoms with Crippen molar-refractivity contribution >= 4 is 11.8 Å². The standard InChI is InChI=1S/C17H30N2O2/c1-4-9-12(3)19-14(5-2)16(20)18-15(17(19)21)13-10-7-6-8-11-13/h12-15H,4-11H2,1-3H3,(H,18,20). The molecule has 0 aromatic rings. The summed E-state index contributed by atoms with van der Waals surface area (Å²) in [6.07, 6.45) is 8.48. The summed E-state index contributed by atoms with van der Waals surface area (Å²) in [4.78, 5) is 27.3. The van der Waals surface area contributed by atoms with Crippen LogP contribution in [0.2, 0.25) is 0 Å². The van der Waals surface area contributed by atoms with Gasteiger partial charge < -0.3 is 10.2 Å². The highest BCUT2D eigenvalue weighted by molar-refractivity contribution is 5.97. The highest BCUT2D eigenvalue weighted by Gasteiger charge is 2.44. The summed E-state index contributed by atoms with van der Waals surface area (Å²) in [7, 11) is 0. The molecule has 2 rings (SSSR count). The van der Waals surface area contributed by atoms with Crippen molar-refractivity contribution in [2.75, 3.05) is 0 Å². The molecule has 4 heteroatoms. The molecule has 1 N–H and O–H groups in total.